The van der Waals surface area contributed by atoms with Crippen LogP contribution in [0.4, 0.5) is 9.18 Å². The van der Waals surface area contributed by atoms with Crippen molar-refractivity contribution in [2.75, 3.05) is 28.2 Å². The highest BCUT2D eigenvalue weighted by molar-refractivity contribution is 6.29. The SMILES string of the molecule is CC(C)Cc1ncc(F)c2nc(Cn3c(Cl)ccc(CC(=O)[C@H](CC/C=C/C(=O)N(C)C)OC(=O)N(C)C)c3=O)[nH]c12. The van der Waals surface area contributed by atoms with Crippen LogP contribution in [0, 0.1) is 11.7 Å². The number of aromatic amines is 1. The van der Waals surface area contributed by atoms with Crippen molar-refractivity contribution in [3.8, 4) is 0 Å². The standard InChI is InChI=1S/C29H36ClFN6O5/c1-17(2)13-20-27-26(19(31)15-32-20)33-24(34-27)16-37-23(30)12-11-18(28(37)40)14-21(38)22(42-29(41)36(5)6)9-7-8-10-25(39)35(3)4/h8,10-12,15,17,22H,7,9,13-14,16H2,1-6H3,(H,33,34)/b10-8+/t22-/m0/s1. The van der Waals surface area contributed by atoms with Crippen molar-refractivity contribution in [2.45, 2.75) is 52.2 Å². The fourth-order valence-corrected chi connectivity index (χ4v) is 4.31. The number of ketones is 1. The number of H-pyrrole nitrogens is 1. The predicted molar refractivity (Wildman–Crippen MR) is 157 cm³/mol. The van der Waals surface area contributed by atoms with E-state index in [9.17, 15) is 23.6 Å². The minimum atomic E-state index is -1.15. The van der Waals surface area contributed by atoms with Gasteiger partial charge >= 0.3 is 6.09 Å². The quantitative estimate of drug-likeness (QED) is 0.247. The average Bonchev–Trinajstić information content (AvgIpc) is 3.36. The molecule has 13 heteroatoms. The summed E-state index contributed by atoms with van der Waals surface area (Å²) in [7, 11) is 6.21. The Kier molecular flexibility index (Phi) is 11.0. The van der Waals surface area contributed by atoms with Gasteiger partial charge in [-0.1, -0.05) is 37.6 Å². The van der Waals surface area contributed by atoms with Crippen LogP contribution in [-0.4, -0.2) is 81.4 Å². The third kappa shape index (κ3) is 8.25. The fraction of sp³-hybridized carbons (Fsp3) is 0.448. The zero-order valence-electron chi connectivity index (χ0n) is 24.6. The first-order chi connectivity index (χ1) is 19.8. The van der Waals surface area contributed by atoms with E-state index in [1.807, 2.05) is 13.8 Å². The summed E-state index contributed by atoms with van der Waals surface area (Å²) in [6, 6.07) is 2.93. The van der Waals surface area contributed by atoms with Crippen LogP contribution < -0.4 is 5.56 Å². The van der Waals surface area contributed by atoms with E-state index < -0.39 is 29.4 Å². The Bertz CT molecular complexity index is 1550. The molecule has 0 aliphatic carbocycles. The number of aromatic nitrogens is 4. The summed E-state index contributed by atoms with van der Waals surface area (Å²) >= 11 is 6.35. The van der Waals surface area contributed by atoms with Crippen LogP contribution in [0.3, 0.4) is 0 Å². The Balaban J connectivity index is 1.85. The van der Waals surface area contributed by atoms with Gasteiger partial charge in [0.15, 0.2) is 17.7 Å². The number of rotatable bonds is 12. The number of imidazole rings is 1. The second kappa shape index (κ2) is 14.2. The molecular weight excluding hydrogens is 567 g/mol. The van der Waals surface area contributed by atoms with Gasteiger partial charge in [-0.15, -0.1) is 0 Å². The Morgan fingerprint density at radius 3 is 2.52 bits per heavy atom. The van der Waals surface area contributed by atoms with Gasteiger partial charge in [-0.3, -0.25) is 23.9 Å². The number of pyridine rings is 2. The van der Waals surface area contributed by atoms with E-state index >= 15 is 0 Å². The van der Waals surface area contributed by atoms with Gasteiger partial charge in [0, 0.05) is 40.2 Å². The van der Waals surface area contributed by atoms with Crippen molar-refractivity contribution in [3.05, 3.63) is 68.9 Å². The minimum absolute atomic E-state index is 0.0985. The van der Waals surface area contributed by atoms with Crippen LogP contribution in [0.15, 0.2) is 35.3 Å². The summed E-state index contributed by atoms with van der Waals surface area (Å²) in [6.45, 7) is 3.95. The number of fused-ring (bicyclic) bond motifs is 1. The van der Waals surface area contributed by atoms with Gasteiger partial charge in [-0.05, 0) is 37.3 Å². The lowest BCUT2D eigenvalue weighted by molar-refractivity contribution is -0.127. The first-order valence-electron chi connectivity index (χ1n) is 13.5. The van der Waals surface area contributed by atoms with E-state index in [4.69, 9.17) is 16.3 Å². The molecule has 0 aliphatic heterocycles. The molecule has 0 saturated carbocycles. The smallest absolute Gasteiger partial charge is 0.409 e. The third-order valence-corrected chi connectivity index (χ3v) is 6.67. The maximum absolute atomic E-state index is 14.5. The zero-order chi connectivity index (χ0) is 31.1. The van der Waals surface area contributed by atoms with Crippen LogP contribution >= 0.6 is 11.6 Å². The van der Waals surface area contributed by atoms with Crippen LogP contribution in [0.5, 0.6) is 0 Å². The third-order valence-electron chi connectivity index (χ3n) is 6.34. The van der Waals surface area contributed by atoms with Crippen LogP contribution in [0.1, 0.15) is 43.8 Å². The molecule has 11 nitrogen and oxygen atoms in total. The molecule has 2 amide bonds. The molecule has 0 aromatic carbocycles. The van der Waals surface area contributed by atoms with Crippen molar-refractivity contribution in [1.29, 1.82) is 0 Å². The molecule has 0 spiro atoms. The predicted octanol–water partition coefficient (Wildman–Crippen LogP) is 3.76. The highest BCUT2D eigenvalue weighted by atomic mass is 35.5. The molecule has 0 saturated heterocycles. The van der Waals surface area contributed by atoms with Crippen molar-refractivity contribution >= 4 is 40.4 Å². The number of likely N-dealkylation sites (N-methyl/N-ethyl adjacent to an activating group) is 1. The maximum atomic E-state index is 14.5. The van der Waals surface area contributed by atoms with E-state index in [-0.39, 0.29) is 53.9 Å². The highest BCUT2D eigenvalue weighted by Gasteiger charge is 2.25. The summed E-state index contributed by atoms with van der Waals surface area (Å²) in [4.78, 5) is 64.9. The normalized spacial score (nSPS) is 12.2. The van der Waals surface area contributed by atoms with Crippen LogP contribution in [-0.2, 0) is 33.7 Å². The van der Waals surface area contributed by atoms with Gasteiger partial charge in [0.1, 0.15) is 16.5 Å². The van der Waals surface area contributed by atoms with Crippen molar-refractivity contribution in [3.63, 3.8) is 0 Å². The molecule has 0 aliphatic rings. The van der Waals surface area contributed by atoms with Gasteiger partial charge in [0.2, 0.25) is 5.91 Å². The molecule has 0 unspecified atom stereocenters. The van der Waals surface area contributed by atoms with E-state index in [2.05, 4.69) is 15.0 Å². The number of nitrogens with one attached hydrogen (secondary N) is 1. The molecule has 3 rings (SSSR count). The number of Topliss-reactive ketones (excluding diaryl/α,β-unsaturated/α-hetero) is 1. The molecule has 3 aromatic rings. The number of ether oxygens (including phenoxy) is 1. The molecule has 42 heavy (non-hydrogen) atoms. The van der Waals surface area contributed by atoms with Gasteiger partial charge in [-0.2, -0.15) is 0 Å². The average molecular weight is 603 g/mol. The summed E-state index contributed by atoms with van der Waals surface area (Å²) in [5.41, 5.74) is 0.848. The number of hydrogen-bond acceptors (Lipinski definition) is 7. The second-order valence-electron chi connectivity index (χ2n) is 10.8. The highest BCUT2D eigenvalue weighted by Crippen LogP contribution is 2.21. The van der Waals surface area contributed by atoms with E-state index in [1.54, 1.807) is 20.2 Å². The number of halogens is 2. The molecular formula is C29H36ClFN6O5. The number of carbonyl (C=O) groups excluding carboxylic acids is 3. The van der Waals surface area contributed by atoms with Gasteiger partial charge in [-0.25, -0.2) is 14.2 Å². The molecule has 3 heterocycles. The second-order valence-corrected chi connectivity index (χ2v) is 11.1. The van der Waals surface area contributed by atoms with E-state index in [0.717, 1.165) is 6.20 Å². The van der Waals surface area contributed by atoms with Crippen LogP contribution in [0.2, 0.25) is 5.15 Å². The first-order valence-corrected chi connectivity index (χ1v) is 13.8. The van der Waals surface area contributed by atoms with E-state index in [1.165, 1.54) is 46.7 Å². The van der Waals surface area contributed by atoms with Crippen molar-refractivity contribution in [1.82, 2.24) is 29.3 Å². The summed E-state index contributed by atoms with van der Waals surface area (Å²) in [5.74, 6) is -0.715. The summed E-state index contributed by atoms with van der Waals surface area (Å²) in [5, 5.41) is 0.101. The molecule has 3 aromatic heterocycles. The molecule has 226 valence electrons. The Morgan fingerprint density at radius 2 is 1.88 bits per heavy atom. The number of nitrogens with zero attached hydrogens (tertiary/aromatic N) is 5. The van der Waals surface area contributed by atoms with Gasteiger partial charge in [0.25, 0.3) is 5.56 Å². The van der Waals surface area contributed by atoms with Gasteiger partial charge < -0.3 is 19.5 Å². The minimum Gasteiger partial charge on any atom is -0.438 e. The summed E-state index contributed by atoms with van der Waals surface area (Å²) in [6.07, 6.45) is 2.94. The number of carbonyl (C=O) groups is 3. The monoisotopic (exact) mass is 602 g/mol. The van der Waals surface area contributed by atoms with Crippen molar-refractivity contribution in [2.24, 2.45) is 5.92 Å². The molecule has 0 bridgehead atoms. The molecule has 0 radical (unpaired) electrons. The maximum Gasteiger partial charge on any atom is 0.409 e. The van der Waals surface area contributed by atoms with Gasteiger partial charge in [0.05, 0.1) is 24.0 Å². The largest absolute Gasteiger partial charge is 0.438 e. The number of amides is 2. The Morgan fingerprint density at radius 1 is 1.17 bits per heavy atom. The van der Waals surface area contributed by atoms with E-state index in [0.29, 0.717) is 23.5 Å². The lowest BCUT2D eigenvalue weighted by Gasteiger charge is -2.19. The molecule has 1 atom stereocenters. The molecule has 0 fully saturated rings. The topological polar surface area (TPSA) is 130 Å². The Hall–Kier alpha value is -4.06. The number of hydrogen-bond donors (Lipinski definition) is 1. The zero-order valence-corrected chi connectivity index (χ0v) is 25.4. The number of allylic oxidation sites excluding steroid dienone is 1. The Labute approximate surface area is 248 Å². The lowest BCUT2D eigenvalue weighted by atomic mass is 10.0. The molecule has 1 N–H and O–H groups in total. The van der Waals surface area contributed by atoms with Crippen LogP contribution in [0.25, 0.3) is 11.0 Å². The fourth-order valence-electron chi connectivity index (χ4n) is 4.11. The lowest BCUT2D eigenvalue weighted by Crippen LogP contribution is -2.35. The van der Waals surface area contributed by atoms with Crippen molar-refractivity contribution < 1.29 is 23.5 Å². The summed E-state index contributed by atoms with van der Waals surface area (Å²) < 4.78 is 21.1. The first kappa shape index (κ1) is 32.5.